The number of hydrogen-bond donors (Lipinski definition) is 2. The van der Waals surface area contributed by atoms with E-state index >= 15 is 0 Å². The van der Waals surface area contributed by atoms with Crippen molar-refractivity contribution >= 4 is 16.7 Å². The van der Waals surface area contributed by atoms with E-state index in [4.69, 9.17) is 14.2 Å². The molecule has 2 aromatic carbocycles. The summed E-state index contributed by atoms with van der Waals surface area (Å²) in [5.41, 5.74) is 5.27. The number of aryl methyl sites for hydroxylation is 1. The molecule has 4 aromatic rings. The van der Waals surface area contributed by atoms with E-state index in [-0.39, 0.29) is 0 Å². The van der Waals surface area contributed by atoms with Crippen LogP contribution in [-0.2, 0) is 0 Å². The van der Waals surface area contributed by atoms with Crippen molar-refractivity contribution in [3.8, 4) is 28.8 Å². The van der Waals surface area contributed by atoms with E-state index in [1.165, 1.54) is 7.11 Å². The Balaban J connectivity index is 0.000000216. The van der Waals surface area contributed by atoms with Crippen molar-refractivity contribution in [2.24, 2.45) is 0 Å². The Morgan fingerprint density at radius 1 is 0.795 bits per heavy atom. The van der Waals surface area contributed by atoms with Gasteiger partial charge < -0.3 is 24.8 Å². The van der Waals surface area contributed by atoms with Crippen LogP contribution in [0.1, 0.15) is 12.0 Å². The zero-order chi connectivity index (χ0) is 28.3. The molecule has 0 spiro atoms. The van der Waals surface area contributed by atoms with E-state index in [1.807, 2.05) is 25.1 Å². The lowest BCUT2D eigenvalue weighted by Gasteiger charge is -2.11. The smallest absolute Gasteiger partial charge is 0.401 e. The number of hydrogen-bond acceptors (Lipinski definition) is 9. The number of benzene rings is 2. The van der Waals surface area contributed by atoms with Crippen LogP contribution in [-0.4, -0.2) is 67.1 Å². The van der Waals surface area contributed by atoms with Gasteiger partial charge in [-0.1, -0.05) is 6.07 Å². The van der Waals surface area contributed by atoms with Gasteiger partial charge in [-0.3, -0.25) is 4.98 Å². The van der Waals surface area contributed by atoms with Crippen molar-refractivity contribution in [2.45, 2.75) is 19.5 Å². The van der Waals surface area contributed by atoms with Gasteiger partial charge in [0.15, 0.2) is 0 Å². The maximum Gasteiger partial charge on any atom is 0.401 e. The van der Waals surface area contributed by atoms with Crippen LogP contribution in [0, 0.1) is 6.92 Å². The van der Waals surface area contributed by atoms with Crippen LogP contribution in [0.3, 0.4) is 0 Å². The lowest BCUT2D eigenvalue weighted by Crippen LogP contribution is -2.30. The molecule has 12 heteroatoms. The van der Waals surface area contributed by atoms with Crippen LogP contribution in [0.4, 0.5) is 18.9 Å². The molecule has 208 valence electrons. The van der Waals surface area contributed by atoms with Crippen molar-refractivity contribution in [2.75, 3.05) is 46.3 Å². The Morgan fingerprint density at radius 3 is 2.10 bits per heavy atom. The highest BCUT2D eigenvalue weighted by Gasteiger charge is 2.25. The average Bonchev–Trinajstić information content (AvgIpc) is 2.94. The zero-order valence-electron chi connectivity index (χ0n) is 22.2. The number of anilines is 1. The molecule has 2 aromatic heterocycles. The standard InChI is InChI=1S/C14H12N4O.C13H19F3N2O2/c1-9-3-4-11-12(5-9)18-13(8-15-11)10-6-16-14(19-2)17-7-10;1-19-11-6-10(7-12(8-11)20-2)18-5-3-4-17-9-13(14,15)16/h3-8H,1-2H3;6-8,17-18H,3-5,9H2,1-2H3. The Hall–Kier alpha value is -4.19. The van der Waals surface area contributed by atoms with Crippen LogP contribution in [0.15, 0.2) is 55.0 Å². The topological polar surface area (TPSA) is 103 Å². The number of halogens is 3. The fourth-order valence-corrected chi connectivity index (χ4v) is 3.40. The largest absolute Gasteiger partial charge is 0.497 e. The molecule has 0 atom stereocenters. The van der Waals surface area contributed by atoms with E-state index in [1.54, 1.807) is 51.0 Å². The number of rotatable bonds is 10. The summed E-state index contributed by atoms with van der Waals surface area (Å²) in [5.74, 6) is 1.31. The average molecular weight is 545 g/mol. The van der Waals surface area contributed by atoms with Gasteiger partial charge in [-0.25, -0.2) is 15.0 Å². The molecule has 0 saturated carbocycles. The monoisotopic (exact) mass is 544 g/mol. The summed E-state index contributed by atoms with van der Waals surface area (Å²) >= 11 is 0. The molecule has 4 rings (SSSR count). The molecule has 2 N–H and O–H groups in total. The van der Waals surface area contributed by atoms with Gasteiger partial charge in [0, 0.05) is 48.4 Å². The molecule has 0 amide bonds. The third kappa shape index (κ3) is 9.56. The minimum Gasteiger partial charge on any atom is -0.497 e. The van der Waals surface area contributed by atoms with Gasteiger partial charge in [0.2, 0.25) is 0 Å². The second kappa shape index (κ2) is 14.1. The Labute approximate surface area is 224 Å². The lowest BCUT2D eigenvalue weighted by molar-refractivity contribution is -0.124. The molecule has 0 radical (unpaired) electrons. The Morgan fingerprint density at radius 2 is 1.49 bits per heavy atom. The minimum absolute atomic E-state index is 0.299. The van der Waals surface area contributed by atoms with E-state index in [9.17, 15) is 13.2 Å². The predicted molar refractivity (Wildman–Crippen MR) is 143 cm³/mol. The van der Waals surface area contributed by atoms with E-state index < -0.39 is 12.7 Å². The fraction of sp³-hybridized carbons (Fsp3) is 0.333. The molecular weight excluding hydrogens is 513 g/mol. The second-order valence-corrected chi connectivity index (χ2v) is 8.38. The SMILES string of the molecule is COc1cc(NCCCNCC(F)(F)F)cc(OC)c1.COc1ncc(-c2cnc3ccc(C)cc3n2)cn1. The molecule has 2 heterocycles. The first-order chi connectivity index (χ1) is 18.7. The Bertz CT molecular complexity index is 1310. The number of nitrogens with zero attached hydrogens (tertiary/aromatic N) is 4. The maximum atomic E-state index is 11.9. The van der Waals surface area contributed by atoms with Crippen LogP contribution in [0.2, 0.25) is 0 Å². The summed E-state index contributed by atoms with van der Waals surface area (Å²) in [7, 11) is 4.65. The molecular formula is C27H31F3N6O3. The number of nitrogens with one attached hydrogen (secondary N) is 2. The number of aromatic nitrogens is 4. The lowest BCUT2D eigenvalue weighted by atomic mass is 10.2. The van der Waals surface area contributed by atoms with Crippen LogP contribution >= 0.6 is 0 Å². The fourth-order valence-electron chi connectivity index (χ4n) is 3.40. The number of methoxy groups -OCH3 is 3. The number of fused-ring (bicyclic) bond motifs is 1. The third-order valence-electron chi connectivity index (χ3n) is 5.34. The molecule has 0 aliphatic heterocycles. The second-order valence-electron chi connectivity index (χ2n) is 8.38. The first kappa shape index (κ1) is 29.4. The predicted octanol–water partition coefficient (Wildman–Crippen LogP) is 5.06. The van der Waals surface area contributed by atoms with Crippen molar-refractivity contribution in [3.05, 3.63) is 60.6 Å². The highest BCUT2D eigenvalue weighted by Crippen LogP contribution is 2.25. The van der Waals surface area contributed by atoms with Gasteiger partial charge in [0.1, 0.15) is 11.5 Å². The summed E-state index contributed by atoms with van der Waals surface area (Å²) in [6.07, 6.45) is 1.50. The van der Waals surface area contributed by atoms with Crippen molar-refractivity contribution in [1.29, 1.82) is 0 Å². The Kier molecular flexibility index (Phi) is 10.6. The molecule has 9 nitrogen and oxygen atoms in total. The molecule has 0 fully saturated rings. The van der Waals surface area contributed by atoms with Gasteiger partial charge in [0.05, 0.1) is 50.8 Å². The van der Waals surface area contributed by atoms with Crippen molar-refractivity contribution < 1.29 is 27.4 Å². The normalized spacial score (nSPS) is 10.9. The highest BCUT2D eigenvalue weighted by molar-refractivity contribution is 5.77. The minimum atomic E-state index is -4.16. The van der Waals surface area contributed by atoms with Gasteiger partial charge >= 0.3 is 12.2 Å². The summed E-state index contributed by atoms with van der Waals surface area (Å²) in [6.45, 7) is 1.93. The van der Waals surface area contributed by atoms with Crippen LogP contribution in [0.25, 0.3) is 22.3 Å². The van der Waals surface area contributed by atoms with Gasteiger partial charge in [-0.05, 0) is 37.6 Å². The first-order valence-corrected chi connectivity index (χ1v) is 12.0. The van der Waals surface area contributed by atoms with Crippen molar-refractivity contribution in [3.63, 3.8) is 0 Å². The van der Waals surface area contributed by atoms with E-state index in [0.29, 0.717) is 37.0 Å². The molecule has 0 unspecified atom stereocenters. The van der Waals surface area contributed by atoms with Gasteiger partial charge in [0.25, 0.3) is 0 Å². The summed E-state index contributed by atoms with van der Waals surface area (Å²) in [6, 6.07) is 11.7. The highest BCUT2D eigenvalue weighted by atomic mass is 19.4. The van der Waals surface area contributed by atoms with E-state index in [0.717, 1.165) is 33.5 Å². The van der Waals surface area contributed by atoms with E-state index in [2.05, 4.69) is 30.6 Å². The third-order valence-corrected chi connectivity index (χ3v) is 5.34. The maximum absolute atomic E-state index is 11.9. The molecule has 0 bridgehead atoms. The first-order valence-electron chi connectivity index (χ1n) is 12.0. The summed E-state index contributed by atoms with van der Waals surface area (Å²) in [4.78, 5) is 17.1. The zero-order valence-corrected chi connectivity index (χ0v) is 22.2. The molecule has 39 heavy (non-hydrogen) atoms. The quantitative estimate of drug-likeness (QED) is 0.265. The number of alkyl halides is 3. The van der Waals surface area contributed by atoms with Crippen LogP contribution < -0.4 is 24.8 Å². The molecule has 0 aliphatic rings. The van der Waals surface area contributed by atoms with Crippen molar-refractivity contribution in [1.82, 2.24) is 25.3 Å². The summed E-state index contributed by atoms with van der Waals surface area (Å²) < 4.78 is 50.8. The van der Waals surface area contributed by atoms with Crippen LogP contribution in [0.5, 0.6) is 17.5 Å². The van der Waals surface area contributed by atoms with Gasteiger partial charge in [-0.2, -0.15) is 13.2 Å². The molecule has 0 saturated heterocycles. The van der Waals surface area contributed by atoms with Gasteiger partial charge in [-0.15, -0.1) is 0 Å². The summed E-state index contributed by atoms with van der Waals surface area (Å²) in [5, 5.41) is 5.45. The number of ether oxygens (including phenoxy) is 3. The molecule has 0 aliphatic carbocycles.